The Morgan fingerprint density at radius 3 is 2.33 bits per heavy atom. The maximum Gasteiger partial charge on any atom is 0.417 e. The van der Waals surface area contributed by atoms with Gasteiger partial charge in [0.05, 0.1) is 22.1 Å². The largest absolute Gasteiger partial charge is 0.417 e. The van der Waals surface area contributed by atoms with Gasteiger partial charge in [-0.05, 0) is 43.5 Å². The van der Waals surface area contributed by atoms with Crippen molar-refractivity contribution in [1.29, 1.82) is 5.26 Å². The van der Waals surface area contributed by atoms with E-state index in [-0.39, 0.29) is 31.4 Å². The summed E-state index contributed by atoms with van der Waals surface area (Å²) in [5, 5.41) is 8.76. The van der Waals surface area contributed by atoms with E-state index in [0.717, 1.165) is 12.1 Å². The van der Waals surface area contributed by atoms with E-state index >= 15 is 0 Å². The van der Waals surface area contributed by atoms with Crippen molar-refractivity contribution in [3.63, 3.8) is 0 Å². The van der Waals surface area contributed by atoms with Crippen LogP contribution in [0.2, 0.25) is 0 Å². The molecule has 5 nitrogen and oxygen atoms in total. The normalized spacial score (nSPS) is 17.1. The Morgan fingerprint density at radius 2 is 1.88 bits per heavy atom. The lowest BCUT2D eigenvalue weighted by Crippen LogP contribution is -2.40. The van der Waals surface area contributed by atoms with Crippen molar-refractivity contribution in [2.45, 2.75) is 23.9 Å². The zero-order chi connectivity index (χ0) is 17.3. The smallest absolute Gasteiger partial charge is 0.330 e. The van der Waals surface area contributed by atoms with Gasteiger partial charge in [-0.25, -0.2) is 8.42 Å². The molecular formula is C14H17ClF3N3O2S. The molecule has 0 unspecified atom stereocenters. The van der Waals surface area contributed by atoms with Crippen LogP contribution < -0.4 is 5.73 Å². The molecule has 0 atom stereocenters. The van der Waals surface area contributed by atoms with E-state index in [1.165, 1.54) is 10.4 Å². The molecule has 0 radical (unpaired) electrons. The van der Waals surface area contributed by atoms with Crippen LogP contribution in [0.15, 0.2) is 23.1 Å². The second kappa shape index (κ2) is 7.70. The standard InChI is InChI=1S/C14H16F3N3O2S.ClH/c15-14(16,17)13-7-12(2-1-11(13)9-19)23(21,22)20-5-3-10(8-18)4-6-20;/h1-2,7,10H,3-6,8,18H2;1H. The van der Waals surface area contributed by atoms with Gasteiger partial charge in [-0.1, -0.05) is 0 Å². The minimum atomic E-state index is -4.79. The maximum atomic E-state index is 13.0. The lowest BCUT2D eigenvalue weighted by molar-refractivity contribution is -0.137. The zero-order valence-corrected chi connectivity index (χ0v) is 14.2. The summed E-state index contributed by atoms with van der Waals surface area (Å²) in [4.78, 5) is -0.449. The molecule has 2 N–H and O–H groups in total. The molecule has 24 heavy (non-hydrogen) atoms. The maximum absolute atomic E-state index is 13.0. The van der Waals surface area contributed by atoms with Crippen LogP contribution in [0.25, 0.3) is 0 Å². The van der Waals surface area contributed by atoms with Gasteiger partial charge in [0.2, 0.25) is 10.0 Å². The molecule has 1 aromatic carbocycles. The monoisotopic (exact) mass is 383 g/mol. The van der Waals surface area contributed by atoms with E-state index in [2.05, 4.69) is 0 Å². The molecule has 0 aromatic heterocycles. The third-order valence-corrected chi connectivity index (χ3v) is 5.86. The summed E-state index contributed by atoms with van der Waals surface area (Å²) in [6.07, 6.45) is -3.63. The Bertz CT molecular complexity index is 724. The van der Waals surface area contributed by atoms with Gasteiger partial charge in [0, 0.05) is 13.1 Å². The number of nitrogens with zero attached hydrogens (tertiary/aromatic N) is 2. The summed E-state index contributed by atoms with van der Waals surface area (Å²) in [5.74, 6) is 0.230. The number of rotatable bonds is 3. The highest BCUT2D eigenvalue weighted by molar-refractivity contribution is 7.89. The summed E-state index contributed by atoms with van der Waals surface area (Å²) >= 11 is 0. The average molecular weight is 384 g/mol. The van der Waals surface area contributed by atoms with Crippen molar-refractivity contribution in [3.8, 4) is 6.07 Å². The van der Waals surface area contributed by atoms with Crippen LogP contribution in [0.4, 0.5) is 13.2 Å². The van der Waals surface area contributed by atoms with Crippen molar-refractivity contribution in [1.82, 2.24) is 4.31 Å². The van der Waals surface area contributed by atoms with Crippen LogP contribution in [0.1, 0.15) is 24.0 Å². The Balaban J connectivity index is 0.00000288. The van der Waals surface area contributed by atoms with Crippen LogP contribution in [0, 0.1) is 17.2 Å². The molecule has 0 saturated carbocycles. The molecule has 0 aliphatic carbocycles. The first-order chi connectivity index (χ1) is 10.7. The minimum Gasteiger partial charge on any atom is -0.330 e. The Hall–Kier alpha value is -1.34. The fraction of sp³-hybridized carbons (Fsp3) is 0.500. The summed E-state index contributed by atoms with van der Waals surface area (Å²) in [6.45, 7) is 0.917. The van der Waals surface area contributed by atoms with E-state index in [1.54, 1.807) is 0 Å². The molecule has 0 amide bonds. The van der Waals surface area contributed by atoms with Crippen LogP contribution in [-0.4, -0.2) is 32.4 Å². The molecule has 134 valence electrons. The summed E-state index contributed by atoms with van der Waals surface area (Å²) in [7, 11) is -4.02. The van der Waals surface area contributed by atoms with E-state index in [9.17, 15) is 21.6 Å². The molecule has 10 heteroatoms. The summed E-state index contributed by atoms with van der Waals surface area (Å²) in [5.41, 5.74) is 3.71. The predicted molar refractivity (Wildman–Crippen MR) is 83.9 cm³/mol. The van der Waals surface area contributed by atoms with Crippen molar-refractivity contribution in [2.24, 2.45) is 11.7 Å². The third-order valence-electron chi connectivity index (χ3n) is 3.96. The lowest BCUT2D eigenvalue weighted by atomic mass is 9.99. The number of hydrogen-bond acceptors (Lipinski definition) is 4. The summed E-state index contributed by atoms with van der Waals surface area (Å²) < 4.78 is 65.1. The third kappa shape index (κ3) is 4.19. The van der Waals surface area contributed by atoms with Crippen LogP contribution in [0.3, 0.4) is 0 Å². The topological polar surface area (TPSA) is 87.2 Å². The lowest BCUT2D eigenvalue weighted by Gasteiger charge is -2.30. The van der Waals surface area contributed by atoms with Gasteiger partial charge in [0.15, 0.2) is 0 Å². The number of hydrogen-bond donors (Lipinski definition) is 1. The van der Waals surface area contributed by atoms with Gasteiger partial charge in [-0.15, -0.1) is 12.4 Å². The van der Waals surface area contributed by atoms with Gasteiger partial charge in [0.1, 0.15) is 0 Å². The van der Waals surface area contributed by atoms with Gasteiger partial charge >= 0.3 is 6.18 Å². The Morgan fingerprint density at radius 1 is 1.29 bits per heavy atom. The first-order valence-electron chi connectivity index (χ1n) is 7.01. The van der Waals surface area contributed by atoms with Crippen molar-refractivity contribution < 1.29 is 21.6 Å². The first kappa shape index (κ1) is 20.7. The molecule has 0 spiro atoms. The first-order valence-corrected chi connectivity index (χ1v) is 8.45. The predicted octanol–water partition coefficient (Wildman–Crippen LogP) is 2.36. The quantitative estimate of drug-likeness (QED) is 0.867. The second-order valence-corrected chi connectivity index (χ2v) is 7.34. The molecule has 1 saturated heterocycles. The van der Waals surface area contributed by atoms with Crippen LogP contribution in [0.5, 0.6) is 0 Å². The number of nitrogens with two attached hydrogens (primary N) is 1. The fourth-order valence-electron chi connectivity index (χ4n) is 2.55. The molecule has 1 fully saturated rings. The molecule has 1 aliphatic rings. The number of benzene rings is 1. The van der Waals surface area contributed by atoms with Crippen LogP contribution in [-0.2, 0) is 16.2 Å². The number of halogens is 4. The van der Waals surface area contributed by atoms with Crippen LogP contribution >= 0.6 is 12.4 Å². The molecule has 0 bridgehead atoms. The van der Waals surface area contributed by atoms with Gasteiger partial charge in [-0.3, -0.25) is 0 Å². The highest BCUT2D eigenvalue weighted by Crippen LogP contribution is 2.34. The van der Waals surface area contributed by atoms with E-state index in [1.807, 2.05) is 0 Å². The highest BCUT2D eigenvalue weighted by Gasteiger charge is 2.36. The fourth-order valence-corrected chi connectivity index (χ4v) is 4.05. The Labute approximate surface area is 144 Å². The van der Waals surface area contributed by atoms with Gasteiger partial charge in [0.25, 0.3) is 0 Å². The van der Waals surface area contributed by atoms with E-state index in [0.29, 0.717) is 25.5 Å². The minimum absolute atomic E-state index is 0. The number of nitriles is 1. The second-order valence-electron chi connectivity index (χ2n) is 5.40. The molecular weight excluding hydrogens is 367 g/mol. The number of piperidine rings is 1. The van der Waals surface area contributed by atoms with Gasteiger partial charge in [-0.2, -0.15) is 22.7 Å². The van der Waals surface area contributed by atoms with Crippen molar-refractivity contribution in [2.75, 3.05) is 19.6 Å². The SMILES string of the molecule is Cl.N#Cc1ccc(S(=O)(=O)N2CCC(CN)CC2)cc1C(F)(F)F. The van der Waals surface area contributed by atoms with E-state index in [4.69, 9.17) is 11.0 Å². The van der Waals surface area contributed by atoms with E-state index < -0.39 is 32.2 Å². The zero-order valence-electron chi connectivity index (χ0n) is 12.6. The van der Waals surface area contributed by atoms with Crippen molar-refractivity contribution in [3.05, 3.63) is 29.3 Å². The van der Waals surface area contributed by atoms with Gasteiger partial charge < -0.3 is 5.73 Å². The summed E-state index contributed by atoms with van der Waals surface area (Å²) in [6, 6.07) is 3.89. The molecule has 1 aliphatic heterocycles. The molecule has 1 heterocycles. The average Bonchev–Trinajstić information content (AvgIpc) is 2.53. The number of sulfonamides is 1. The molecule has 2 rings (SSSR count). The van der Waals surface area contributed by atoms with Crippen molar-refractivity contribution >= 4 is 22.4 Å². The Kier molecular flexibility index (Phi) is 6.64. The molecule has 1 aromatic rings. The highest BCUT2D eigenvalue weighted by atomic mass is 35.5. The number of alkyl halides is 3.